The standard InChI is InChI=1S/C16H25N3O3.2ClH/c1-2-13-12(9-14(22-13)15(17)20)10-19-6-3-16(4-7-19)11-18-5-8-21-16;;/h9,18H,2-8,10-11H2,1H3,(H2,17,20);2*1H. The number of hydrogen-bond acceptors (Lipinski definition) is 5. The van der Waals surface area contributed by atoms with Crippen LogP contribution in [0.1, 0.15) is 41.6 Å². The van der Waals surface area contributed by atoms with Crippen molar-refractivity contribution in [2.75, 3.05) is 32.8 Å². The molecule has 1 amide bonds. The van der Waals surface area contributed by atoms with Crippen LogP contribution in [0.4, 0.5) is 0 Å². The number of primary amides is 1. The normalized spacial score (nSPS) is 20.2. The number of aryl methyl sites for hydroxylation is 1. The molecule has 1 aromatic rings. The highest BCUT2D eigenvalue weighted by Gasteiger charge is 2.37. The molecule has 138 valence electrons. The van der Waals surface area contributed by atoms with Crippen molar-refractivity contribution in [3.63, 3.8) is 0 Å². The summed E-state index contributed by atoms with van der Waals surface area (Å²) in [6.07, 6.45) is 2.86. The van der Waals surface area contributed by atoms with Gasteiger partial charge in [0.2, 0.25) is 0 Å². The Kier molecular flexibility index (Phi) is 8.02. The fourth-order valence-corrected chi connectivity index (χ4v) is 3.41. The second-order valence-electron chi connectivity index (χ2n) is 6.26. The number of nitrogens with zero attached hydrogens (tertiary/aromatic N) is 1. The first kappa shape index (κ1) is 21.3. The Morgan fingerprint density at radius 2 is 2.08 bits per heavy atom. The van der Waals surface area contributed by atoms with E-state index in [9.17, 15) is 4.79 Å². The Morgan fingerprint density at radius 3 is 2.62 bits per heavy atom. The molecule has 1 spiro atoms. The monoisotopic (exact) mass is 379 g/mol. The van der Waals surface area contributed by atoms with Gasteiger partial charge in [0.25, 0.3) is 5.91 Å². The van der Waals surface area contributed by atoms with Gasteiger partial charge in [-0.05, 0) is 18.9 Å². The van der Waals surface area contributed by atoms with Crippen molar-refractivity contribution in [1.29, 1.82) is 0 Å². The molecular weight excluding hydrogens is 353 g/mol. The Bertz CT molecular complexity index is 535. The maximum atomic E-state index is 11.3. The molecule has 0 bridgehead atoms. The van der Waals surface area contributed by atoms with Crippen molar-refractivity contribution in [3.8, 4) is 0 Å². The molecule has 3 N–H and O–H groups in total. The molecule has 2 fully saturated rings. The quantitative estimate of drug-likeness (QED) is 0.832. The number of furan rings is 1. The van der Waals surface area contributed by atoms with Gasteiger partial charge in [-0.2, -0.15) is 0 Å². The molecule has 3 rings (SSSR count). The number of nitrogens with one attached hydrogen (secondary N) is 1. The summed E-state index contributed by atoms with van der Waals surface area (Å²) in [6.45, 7) is 7.56. The number of morpholine rings is 1. The van der Waals surface area contributed by atoms with Gasteiger partial charge in [-0.25, -0.2) is 0 Å². The lowest BCUT2D eigenvalue weighted by Crippen LogP contribution is -2.55. The van der Waals surface area contributed by atoms with E-state index in [0.717, 1.165) is 69.9 Å². The number of carbonyl (C=O) groups excluding carboxylic acids is 1. The molecule has 0 saturated carbocycles. The molecule has 2 saturated heterocycles. The average molecular weight is 380 g/mol. The number of likely N-dealkylation sites (tertiary alicyclic amines) is 1. The summed E-state index contributed by atoms with van der Waals surface area (Å²) in [5.41, 5.74) is 6.41. The topological polar surface area (TPSA) is 80.7 Å². The molecule has 1 aromatic heterocycles. The van der Waals surface area contributed by atoms with Crippen molar-refractivity contribution in [2.24, 2.45) is 5.73 Å². The summed E-state index contributed by atoms with van der Waals surface area (Å²) in [4.78, 5) is 13.7. The summed E-state index contributed by atoms with van der Waals surface area (Å²) in [7, 11) is 0. The van der Waals surface area contributed by atoms with Gasteiger partial charge in [-0.15, -0.1) is 24.8 Å². The van der Waals surface area contributed by atoms with E-state index in [4.69, 9.17) is 14.9 Å². The second kappa shape index (κ2) is 9.06. The first-order chi connectivity index (χ1) is 10.6. The number of halogens is 2. The highest BCUT2D eigenvalue weighted by Crippen LogP contribution is 2.29. The summed E-state index contributed by atoms with van der Waals surface area (Å²) in [5, 5.41) is 3.43. The van der Waals surface area contributed by atoms with E-state index in [1.165, 1.54) is 0 Å². The van der Waals surface area contributed by atoms with Crippen LogP contribution in [-0.2, 0) is 17.7 Å². The molecule has 2 aliphatic rings. The van der Waals surface area contributed by atoms with Crippen LogP contribution >= 0.6 is 24.8 Å². The maximum absolute atomic E-state index is 11.3. The predicted molar refractivity (Wildman–Crippen MR) is 97.2 cm³/mol. The highest BCUT2D eigenvalue weighted by atomic mass is 35.5. The van der Waals surface area contributed by atoms with Crippen LogP contribution in [0.5, 0.6) is 0 Å². The highest BCUT2D eigenvalue weighted by molar-refractivity contribution is 5.90. The van der Waals surface area contributed by atoms with Crippen molar-refractivity contribution in [1.82, 2.24) is 10.2 Å². The van der Waals surface area contributed by atoms with Gasteiger partial charge < -0.3 is 20.2 Å². The van der Waals surface area contributed by atoms with Crippen LogP contribution in [-0.4, -0.2) is 49.2 Å². The fraction of sp³-hybridized carbons (Fsp3) is 0.688. The van der Waals surface area contributed by atoms with Crippen LogP contribution in [0.2, 0.25) is 0 Å². The van der Waals surface area contributed by atoms with Gasteiger partial charge in [0.15, 0.2) is 5.76 Å². The molecule has 0 aliphatic carbocycles. The van der Waals surface area contributed by atoms with Gasteiger partial charge in [-0.1, -0.05) is 6.92 Å². The van der Waals surface area contributed by atoms with E-state index < -0.39 is 5.91 Å². The van der Waals surface area contributed by atoms with Crippen molar-refractivity contribution < 1.29 is 13.9 Å². The minimum Gasteiger partial charge on any atom is -0.456 e. The minimum absolute atomic E-state index is 0. The Balaban J connectivity index is 0.00000144. The summed E-state index contributed by atoms with van der Waals surface area (Å²) in [6, 6.07) is 1.80. The van der Waals surface area contributed by atoms with Crippen LogP contribution in [0.25, 0.3) is 0 Å². The molecule has 0 unspecified atom stereocenters. The zero-order valence-electron chi connectivity index (χ0n) is 14.0. The lowest BCUT2D eigenvalue weighted by molar-refractivity contribution is -0.100. The number of nitrogens with two attached hydrogens (primary N) is 1. The van der Waals surface area contributed by atoms with Gasteiger partial charge in [0.05, 0.1) is 12.2 Å². The van der Waals surface area contributed by atoms with Crippen molar-refractivity contribution in [2.45, 2.75) is 38.3 Å². The molecule has 0 radical (unpaired) electrons. The SMILES string of the molecule is CCc1oc(C(N)=O)cc1CN1CCC2(CC1)CNCCO2.Cl.Cl. The molecule has 3 heterocycles. The largest absolute Gasteiger partial charge is 0.456 e. The van der Waals surface area contributed by atoms with Gasteiger partial charge in [0, 0.05) is 44.7 Å². The number of rotatable bonds is 4. The number of ether oxygens (including phenoxy) is 1. The zero-order valence-corrected chi connectivity index (χ0v) is 15.6. The minimum atomic E-state index is -0.500. The molecule has 2 aliphatic heterocycles. The molecule has 24 heavy (non-hydrogen) atoms. The summed E-state index contributed by atoms with van der Waals surface area (Å²) in [5.74, 6) is 0.630. The van der Waals surface area contributed by atoms with Crippen LogP contribution < -0.4 is 11.1 Å². The van der Waals surface area contributed by atoms with Crippen LogP contribution in [0.15, 0.2) is 10.5 Å². The third kappa shape index (κ3) is 4.64. The summed E-state index contributed by atoms with van der Waals surface area (Å²) < 4.78 is 11.6. The first-order valence-corrected chi connectivity index (χ1v) is 8.10. The van der Waals surface area contributed by atoms with Gasteiger partial charge >= 0.3 is 0 Å². The Labute approximate surface area is 155 Å². The molecule has 8 heteroatoms. The summed E-state index contributed by atoms with van der Waals surface area (Å²) >= 11 is 0. The van der Waals surface area contributed by atoms with E-state index >= 15 is 0 Å². The molecular formula is C16H27Cl2N3O3. The lowest BCUT2D eigenvalue weighted by atomic mass is 9.90. The van der Waals surface area contributed by atoms with Crippen molar-refractivity contribution >= 4 is 30.7 Å². The van der Waals surface area contributed by atoms with E-state index in [-0.39, 0.29) is 36.2 Å². The Morgan fingerprint density at radius 1 is 1.38 bits per heavy atom. The first-order valence-electron chi connectivity index (χ1n) is 8.10. The van der Waals surface area contributed by atoms with E-state index in [1.807, 2.05) is 6.92 Å². The molecule has 0 atom stereocenters. The number of amides is 1. The van der Waals surface area contributed by atoms with Gasteiger partial charge in [0.1, 0.15) is 5.76 Å². The van der Waals surface area contributed by atoms with E-state index in [0.29, 0.717) is 0 Å². The number of piperidine rings is 1. The zero-order chi connectivity index (χ0) is 15.6. The third-order valence-corrected chi connectivity index (χ3v) is 4.76. The fourth-order valence-electron chi connectivity index (χ4n) is 3.41. The number of hydrogen-bond donors (Lipinski definition) is 2. The molecule has 6 nitrogen and oxygen atoms in total. The maximum Gasteiger partial charge on any atom is 0.284 e. The van der Waals surface area contributed by atoms with Crippen LogP contribution in [0.3, 0.4) is 0 Å². The molecule has 0 aromatic carbocycles. The van der Waals surface area contributed by atoms with Gasteiger partial charge in [-0.3, -0.25) is 9.69 Å². The lowest BCUT2D eigenvalue weighted by Gasteiger charge is -2.44. The van der Waals surface area contributed by atoms with E-state index in [1.54, 1.807) is 6.07 Å². The predicted octanol–water partition coefficient (Wildman–Crippen LogP) is 1.74. The Hall–Kier alpha value is -0.790. The van der Waals surface area contributed by atoms with Crippen molar-refractivity contribution in [3.05, 3.63) is 23.2 Å². The number of carbonyl (C=O) groups is 1. The second-order valence-corrected chi connectivity index (χ2v) is 6.26. The van der Waals surface area contributed by atoms with E-state index in [2.05, 4.69) is 10.2 Å². The smallest absolute Gasteiger partial charge is 0.284 e. The third-order valence-electron chi connectivity index (χ3n) is 4.76. The van der Waals surface area contributed by atoms with Crippen LogP contribution in [0, 0.1) is 0 Å². The average Bonchev–Trinajstić information content (AvgIpc) is 2.94.